The molecule has 1 unspecified atom stereocenters. The highest BCUT2D eigenvalue weighted by atomic mass is 35.5. The second-order valence-electron chi connectivity index (χ2n) is 7.12. The van der Waals surface area contributed by atoms with E-state index in [9.17, 15) is 9.90 Å². The number of aromatic nitrogens is 1. The largest absolute Gasteiger partial charge is 0.479 e. The number of thiophene rings is 1. The van der Waals surface area contributed by atoms with Crippen LogP contribution in [0, 0.1) is 6.92 Å². The molecule has 1 atom stereocenters. The first-order valence-corrected chi connectivity index (χ1v) is 9.41. The molecule has 2 aromatic heterocycles. The van der Waals surface area contributed by atoms with Gasteiger partial charge in [0.2, 0.25) is 0 Å². The van der Waals surface area contributed by atoms with E-state index in [1.54, 1.807) is 29.7 Å². The number of benzene rings is 1. The Morgan fingerprint density at radius 1 is 1.27 bits per heavy atom. The molecule has 0 aliphatic rings. The number of rotatable bonds is 4. The Bertz CT molecular complexity index is 958. The van der Waals surface area contributed by atoms with Crippen LogP contribution < -0.4 is 0 Å². The second kappa shape index (κ2) is 6.99. The molecular weight excluding hydrogens is 370 g/mol. The van der Waals surface area contributed by atoms with Crippen LogP contribution >= 0.6 is 22.9 Å². The molecule has 3 rings (SSSR count). The summed E-state index contributed by atoms with van der Waals surface area (Å²) in [6.45, 7) is 7.53. The minimum atomic E-state index is -1.11. The van der Waals surface area contributed by atoms with E-state index in [4.69, 9.17) is 16.3 Å². The molecule has 2 heterocycles. The fourth-order valence-electron chi connectivity index (χ4n) is 2.86. The molecule has 0 bridgehead atoms. The summed E-state index contributed by atoms with van der Waals surface area (Å²) in [5.74, 6) is -1.04. The molecule has 0 spiro atoms. The van der Waals surface area contributed by atoms with Crippen LogP contribution in [0.25, 0.3) is 21.3 Å². The Kier molecular flexibility index (Phi) is 5.06. The lowest BCUT2D eigenvalue weighted by atomic mass is 9.95. The number of carboxylic acid groups (broad SMARTS) is 1. The van der Waals surface area contributed by atoms with Gasteiger partial charge < -0.3 is 9.84 Å². The number of aliphatic carboxylic acids is 1. The molecule has 26 heavy (non-hydrogen) atoms. The van der Waals surface area contributed by atoms with E-state index in [0.29, 0.717) is 10.6 Å². The number of aryl methyl sites for hydroxylation is 1. The topological polar surface area (TPSA) is 59.4 Å². The van der Waals surface area contributed by atoms with Crippen molar-refractivity contribution in [3.8, 4) is 11.1 Å². The molecule has 0 radical (unpaired) electrons. The smallest absolute Gasteiger partial charge is 0.337 e. The molecule has 0 fully saturated rings. The summed E-state index contributed by atoms with van der Waals surface area (Å²) >= 11 is 7.61. The van der Waals surface area contributed by atoms with E-state index in [1.165, 1.54) is 0 Å². The third-order valence-electron chi connectivity index (χ3n) is 3.83. The average molecular weight is 390 g/mol. The zero-order valence-corrected chi connectivity index (χ0v) is 16.6. The lowest BCUT2D eigenvalue weighted by molar-refractivity contribution is -0.160. The predicted octanol–water partition coefficient (Wildman–Crippen LogP) is 5.87. The number of halogens is 1. The van der Waals surface area contributed by atoms with Crippen molar-refractivity contribution in [2.45, 2.75) is 39.4 Å². The Hall–Kier alpha value is -1.95. The number of ether oxygens (including phenoxy) is 1. The predicted molar refractivity (Wildman–Crippen MR) is 106 cm³/mol. The first-order valence-electron chi connectivity index (χ1n) is 8.21. The Labute approximate surface area is 161 Å². The highest BCUT2D eigenvalue weighted by Crippen LogP contribution is 2.40. The molecule has 0 saturated heterocycles. The lowest BCUT2D eigenvalue weighted by Gasteiger charge is -2.26. The first-order chi connectivity index (χ1) is 12.2. The highest BCUT2D eigenvalue weighted by Gasteiger charge is 2.30. The normalized spacial score (nSPS) is 13.1. The van der Waals surface area contributed by atoms with E-state index in [0.717, 1.165) is 26.2 Å². The first kappa shape index (κ1) is 18.8. The minimum Gasteiger partial charge on any atom is -0.479 e. The number of fused-ring (bicyclic) bond motifs is 1. The van der Waals surface area contributed by atoms with Gasteiger partial charge in [0.1, 0.15) is 4.83 Å². The number of pyridine rings is 1. The quantitative estimate of drug-likeness (QED) is 0.606. The number of nitrogens with zero attached hydrogens (tertiary/aromatic N) is 1. The van der Waals surface area contributed by atoms with E-state index in [-0.39, 0.29) is 0 Å². The van der Waals surface area contributed by atoms with Crippen molar-refractivity contribution in [3.63, 3.8) is 0 Å². The SMILES string of the molecule is Cc1cc2c(-c3ccc(Cl)cc3)c(C(OC(C)(C)C)C(=O)O)cnc2s1. The summed E-state index contributed by atoms with van der Waals surface area (Å²) in [5.41, 5.74) is 1.64. The number of hydrogen-bond acceptors (Lipinski definition) is 4. The molecule has 0 aliphatic heterocycles. The zero-order chi connectivity index (χ0) is 19.1. The molecule has 0 amide bonds. The van der Waals surface area contributed by atoms with Gasteiger partial charge in [-0.15, -0.1) is 11.3 Å². The Morgan fingerprint density at radius 3 is 2.50 bits per heavy atom. The van der Waals surface area contributed by atoms with Gasteiger partial charge in [-0.3, -0.25) is 0 Å². The van der Waals surface area contributed by atoms with Gasteiger partial charge in [0.05, 0.1) is 5.60 Å². The fourth-order valence-corrected chi connectivity index (χ4v) is 3.85. The van der Waals surface area contributed by atoms with E-state index < -0.39 is 17.7 Å². The maximum atomic E-state index is 12.0. The van der Waals surface area contributed by atoms with Crippen LogP contribution in [0.1, 0.15) is 37.3 Å². The lowest BCUT2D eigenvalue weighted by Crippen LogP contribution is -2.27. The standard InChI is InChI=1S/C20H20ClNO3S/c1-11-9-14-16(12-5-7-13(21)8-6-12)15(10-22-18(14)26-11)17(19(23)24)25-20(2,3)4/h5-10,17H,1-4H3,(H,23,24). The molecule has 1 aromatic carbocycles. The summed E-state index contributed by atoms with van der Waals surface area (Å²) in [4.78, 5) is 18.5. The van der Waals surface area contributed by atoms with Gasteiger partial charge in [-0.05, 0) is 57.0 Å². The van der Waals surface area contributed by atoms with Crippen molar-refractivity contribution in [1.82, 2.24) is 4.98 Å². The van der Waals surface area contributed by atoms with E-state index in [2.05, 4.69) is 4.98 Å². The monoisotopic (exact) mass is 389 g/mol. The molecule has 1 N–H and O–H groups in total. The van der Waals surface area contributed by atoms with Crippen LogP contribution in [0.2, 0.25) is 5.02 Å². The number of hydrogen-bond donors (Lipinski definition) is 1. The number of carbonyl (C=O) groups is 1. The van der Waals surface area contributed by atoms with Crippen LogP contribution in [0.5, 0.6) is 0 Å². The zero-order valence-electron chi connectivity index (χ0n) is 15.0. The van der Waals surface area contributed by atoms with Crippen molar-refractivity contribution in [3.05, 3.63) is 52.0 Å². The van der Waals surface area contributed by atoms with Crippen LogP contribution in [0.15, 0.2) is 36.5 Å². The molecule has 0 aliphatic carbocycles. The summed E-state index contributed by atoms with van der Waals surface area (Å²) < 4.78 is 5.86. The van der Waals surface area contributed by atoms with Crippen molar-refractivity contribution in [1.29, 1.82) is 0 Å². The fraction of sp³-hybridized carbons (Fsp3) is 0.300. The Balaban J connectivity index is 2.28. The van der Waals surface area contributed by atoms with Gasteiger partial charge in [0.25, 0.3) is 0 Å². The summed E-state index contributed by atoms with van der Waals surface area (Å²) in [5, 5.41) is 11.4. The summed E-state index contributed by atoms with van der Waals surface area (Å²) in [6.07, 6.45) is 0.505. The maximum absolute atomic E-state index is 12.0. The van der Waals surface area contributed by atoms with Gasteiger partial charge in [0, 0.05) is 27.0 Å². The van der Waals surface area contributed by atoms with E-state index in [1.807, 2.05) is 45.9 Å². The molecule has 6 heteroatoms. The van der Waals surface area contributed by atoms with Gasteiger partial charge in [0.15, 0.2) is 6.10 Å². The molecule has 3 aromatic rings. The third-order valence-corrected chi connectivity index (χ3v) is 5.04. The van der Waals surface area contributed by atoms with Gasteiger partial charge >= 0.3 is 5.97 Å². The van der Waals surface area contributed by atoms with Crippen molar-refractivity contribution >= 4 is 39.1 Å². The Morgan fingerprint density at radius 2 is 1.92 bits per heavy atom. The van der Waals surface area contributed by atoms with Gasteiger partial charge in [-0.2, -0.15) is 0 Å². The van der Waals surface area contributed by atoms with Gasteiger partial charge in [-0.25, -0.2) is 9.78 Å². The summed E-state index contributed by atoms with van der Waals surface area (Å²) in [6, 6.07) is 9.42. The maximum Gasteiger partial charge on any atom is 0.337 e. The molecule has 136 valence electrons. The number of carboxylic acids is 1. The van der Waals surface area contributed by atoms with Crippen LogP contribution in [0.3, 0.4) is 0 Å². The van der Waals surface area contributed by atoms with Crippen molar-refractivity contribution in [2.75, 3.05) is 0 Å². The van der Waals surface area contributed by atoms with Crippen LogP contribution in [-0.2, 0) is 9.53 Å². The molecule has 0 saturated carbocycles. The van der Waals surface area contributed by atoms with Crippen molar-refractivity contribution in [2.24, 2.45) is 0 Å². The van der Waals surface area contributed by atoms with Gasteiger partial charge in [-0.1, -0.05) is 23.7 Å². The molecular formula is C20H20ClNO3S. The molecule has 4 nitrogen and oxygen atoms in total. The average Bonchev–Trinajstić information content (AvgIpc) is 2.92. The highest BCUT2D eigenvalue weighted by molar-refractivity contribution is 7.18. The minimum absolute atomic E-state index is 0.542. The van der Waals surface area contributed by atoms with Crippen molar-refractivity contribution < 1.29 is 14.6 Å². The third kappa shape index (κ3) is 3.90. The van der Waals surface area contributed by atoms with E-state index >= 15 is 0 Å². The van der Waals surface area contributed by atoms with Crippen LogP contribution in [-0.4, -0.2) is 21.7 Å². The summed E-state index contributed by atoms with van der Waals surface area (Å²) in [7, 11) is 0. The van der Waals surface area contributed by atoms with Crippen LogP contribution in [0.4, 0.5) is 0 Å². The second-order valence-corrected chi connectivity index (χ2v) is 8.79.